The molecule has 0 spiro atoms. The van der Waals surface area contributed by atoms with Crippen molar-refractivity contribution in [3.8, 4) is 0 Å². The first kappa shape index (κ1) is 73.1. The number of rotatable bonds is 54. The highest BCUT2D eigenvalue weighted by molar-refractivity contribution is 5.80. The summed E-state index contributed by atoms with van der Waals surface area (Å²) in [6.07, 6.45) is 59.4. The molecular weight excluding hydrogens is 979 g/mol. The molecule has 8 unspecified atom stereocenters. The van der Waals surface area contributed by atoms with Crippen molar-refractivity contribution in [3.05, 3.63) is 72.9 Å². The summed E-state index contributed by atoms with van der Waals surface area (Å²) < 4.78 is 17.6. The first-order valence-electron chi connectivity index (χ1n) is 32.2. The maximum Gasteiger partial charge on any atom is 0.306 e. The predicted molar refractivity (Wildman–Crippen MR) is 324 cm³/mol. The van der Waals surface area contributed by atoms with E-state index in [4.69, 9.17) is 14.2 Å². The van der Waals surface area contributed by atoms with E-state index in [2.05, 4.69) is 86.8 Å². The highest BCUT2D eigenvalue weighted by atomic mass is 16.7. The number of amides is 1. The fraction of sp³-hybridized carbons (Fsp3) is 0.791. The molecule has 1 fully saturated rings. The number of aliphatic hydroxyl groups excluding tert-OH is 5. The Bertz CT molecular complexity index is 1540. The third kappa shape index (κ3) is 42.0. The molecule has 6 N–H and O–H groups in total. The van der Waals surface area contributed by atoms with Crippen LogP contribution < -0.4 is 5.32 Å². The van der Waals surface area contributed by atoms with Gasteiger partial charge in [0.1, 0.15) is 24.4 Å². The maximum atomic E-state index is 13.4. The maximum absolute atomic E-state index is 13.4. The van der Waals surface area contributed by atoms with Gasteiger partial charge in [-0.15, -0.1) is 0 Å². The van der Waals surface area contributed by atoms with E-state index in [1.807, 2.05) is 6.08 Å². The Balaban J connectivity index is 2.63. The first-order chi connectivity index (χ1) is 38.2. The van der Waals surface area contributed by atoms with Crippen LogP contribution in [0.5, 0.6) is 0 Å². The van der Waals surface area contributed by atoms with Crippen LogP contribution >= 0.6 is 0 Å². The van der Waals surface area contributed by atoms with Crippen molar-refractivity contribution in [2.24, 2.45) is 0 Å². The van der Waals surface area contributed by atoms with Gasteiger partial charge in [-0.3, -0.25) is 9.59 Å². The van der Waals surface area contributed by atoms with Gasteiger partial charge >= 0.3 is 5.97 Å². The molecule has 1 heterocycles. The molecule has 0 aromatic heterocycles. The minimum Gasteiger partial charge on any atom is -0.454 e. The lowest BCUT2D eigenvalue weighted by Crippen LogP contribution is -2.61. The third-order valence-corrected chi connectivity index (χ3v) is 14.8. The standard InChI is InChI=1S/C67H119NO10/c1-4-7-10-13-16-19-22-24-26-27-28-29-30-31-32-33-34-35-36-39-42-45-48-51-54-60(71)66(75)68-58(59(70)53-50-47-44-41-38-21-18-15-12-9-6-3)57-76-67-65(64(74)63(73)61(56-69)77-67)78-62(72)55-52-49-46-43-40-37-25-23-20-17-14-11-8-5-2/h16,19,24,26,28-29,31-32,37,40,50,53,58-61,63-65,67,69-71,73-74H,4-15,17-18,20-23,25,27,30,33-36,38-39,41-49,51-52,54-57H2,1-3H3,(H,68,75)/b19-16-,26-24-,29-28-,32-31-,40-37-,53-50+. The Labute approximate surface area is 477 Å². The number of hydrogen-bond acceptors (Lipinski definition) is 10. The lowest BCUT2D eigenvalue weighted by Gasteiger charge is -2.41. The highest BCUT2D eigenvalue weighted by Crippen LogP contribution is 2.26. The molecule has 1 amide bonds. The molecule has 1 rings (SSSR count). The van der Waals surface area contributed by atoms with Crippen LogP contribution in [-0.2, 0) is 23.8 Å². The first-order valence-corrected chi connectivity index (χ1v) is 32.2. The van der Waals surface area contributed by atoms with Gasteiger partial charge in [-0.25, -0.2) is 0 Å². The van der Waals surface area contributed by atoms with Gasteiger partial charge in [-0.1, -0.05) is 248 Å². The van der Waals surface area contributed by atoms with E-state index < -0.39 is 67.4 Å². The molecule has 0 aliphatic carbocycles. The summed E-state index contributed by atoms with van der Waals surface area (Å²) in [5.74, 6) is -1.22. The van der Waals surface area contributed by atoms with Gasteiger partial charge in [-0.05, 0) is 96.3 Å². The van der Waals surface area contributed by atoms with Crippen LogP contribution in [0.2, 0.25) is 0 Å². The van der Waals surface area contributed by atoms with Crippen LogP contribution in [0.25, 0.3) is 0 Å². The van der Waals surface area contributed by atoms with E-state index in [1.165, 1.54) is 141 Å². The zero-order chi connectivity index (χ0) is 56.8. The van der Waals surface area contributed by atoms with Crippen LogP contribution in [-0.4, -0.2) is 99.6 Å². The van der Waals surface area contributed by atoms with Crippen molar-refractivity contribution in [1.82, 2.24) is 5.32 Å². The van der Waals surface area contributed by atoms with Gasteiger partial charge in [-0.2, -0.15) is 0 Å². The number of esters is 1. The molecule has 78 heavy (non-hydrogen) atoms. The average Bonchev–Trinajstić information content (AvgIpc) is 3.44. The smallest absolute Gasteiger partial charge is 0.306 e. The molecule has 0 bridgehead atoms. The Morgan fingerprint density at radius 2 is 0.885 bits per heavy atom. The Morgan fingerprint density at radius 3 is 1.36 bits per heavy atom. The topological polar surface area (TPSA) is 175 Å². The van der Waals surface area contributed by atoms with Crippen molar-refractivity contribution < 1.29 is 49.3 Å². The van der Waals surface area contributed by atoms with Crippen LogP contribution in [0.4, 0.5) is 0 Å². The average molecular weight is 1100 g/mol. The van der Waals surface area contributed by atoms with Gasteiger partial charge in [0.2, 0.25) is 5.91 Å². The highest BCUT2D eigenvalue weighted by Gasteiger charge is 2.47. The fourth-order valence-corrected chi connectivity index (χ4v) is 9.69. The Hall–Kier alpha value is -2.90. The minimum atomic E-state index is -1.62. The summed E-state index contributed by atoms with van der Waals surface area (Å²) in [5.41, 5.74) is 0. The number of ether oxygens (including phenoxy) is 3. The third-order valence-electron chi connectivity index (χ3n) is 14.8. The van der Waals surface area contributed by atoms with Crippen LogP contribution in [0.3, 0.4) is 0 Å². The number of carbonyl (C=O) groups excluding carboxylic acids is 2. The molecule has 0 aromatic carbocycles. The summed E-state index contributed by atoms with van der Waals surface area (Å²) >= 11 is 0. The second kappa shape index (κ2) is 54.7. The molecule has 0 saturated carbocycles. The number of nitrogens with one attached hydrogen (secondary N) is 1. The quantitative estimate of drug-likeness (QED) is 0.0195. The summed E-state index contributed by atoms with van der Waals surface area (Å²) in [4.78, 5) is 26.5. The van der Waals surface area contributed by atoms with Crippen molar-refractivity contribution in [3.63, 3.8) is 0 Å². The molecule has 8 atom stereocenters. The van der Waals surface area contributed by atoms with Crippen molar-refractivity contribution in [2.75, 3.05) is 13.2 Å². The number of aliphatic hydroxyl groups is 5. The van der Waals surface area contributed by atoms with Crippen LogP contribution in [0.15, 0.2) is 72.9 Å². The van der Waals surface area contributed by atoms with Crippen LogP contribution in [0, 0.1) is 0 Å². The number of hydrogen-bond donors (Lipinski definition) is 6. The lowest BCUT2D eigenvalue weighted by molar-refractivity contribution is -0.305. The van der Waals surface area contributed by atoms with E-state index in [-0.39, 0.29) is 19.4 Å². The predicted octanol–water partition coefficient (Wildman–Crippen LogP) is 15.6. The van der Waals surface area contributed by atoms with E-state index in [1.54, 1.807) is 6.08 Å². The number of carbonyl (C=O) groups is 2. The van der Waals surface area contributed by atoms with Gasteiger partial charge in [0.25, 0.3) is 0 Å². The molecule has 1 aliphatic heterocycles. The van der Waals surface area contributed by atoms with E-state index >= 15 is 0 Å². The van der Waals surface area contributed by atoms with Crippen molar-refractivity contribution in [2.45, 2.75) is 327 Å². The molecule has 1 aliphatic rings. The second-order valence-electron chi connectivity index (χ2n) is 22.1. The summed E-state index contributed by atoms with van der Waals surface area (Å²) in [6.45, 7) is 5.74. The van der Waals surface area contributed by atoms with Gasteiger partial charge in [0.05, 0.1) is 25.4 Å². The van der Waals surface area contributed by atoms with Gasteiger partial charge < -0.3 is 45.1 Å². The Kier molecular flexibility index (Phi) is 51.3. The van der Waals surface area contributed by atoms with Gasteiger partial charge in [0, 0.05) is 6.42 Å². The van der Waals surface area contributed by atoms with Gasteiger partial charge in [0.15, 0.2) is 12.4 Å². The SMILES string of the molecule is CCCCC/C=C\C/C=C\C/C=C\C/C=C\CCCCCCCCCCC(O)C(=O)NC(COC1OC(CO)C(O)C(O)C1OC(=O)CCCCC/C=C\CCCCCCCCC)C(O)/C=C/CCCCCCCCCCC. The second-order valence-corrected chi connectivity index (χ2v) is 22.1. The molecule has 11 nitrogen and oxygen atoms in total. The summed E-state index contributed by atoms with van der Waals surface area (Å²) in [7, 11) is 0. The molecule has 0 aromatic rings. The number of allylic oxidation sites excluding steroid dienone is 11. The van der Waals surface area contributed by atoms with E-state index in [0.29, 0.717) is 12.8 Å². The van der Waals surface area contributed by atoms with Crippen molar-refractivity contribution in [1.29, 1.82) is 0 Å². The summed E-state index contributed by atoms with van der Waals surface area (Å²) in [5, 5.41) is 57.0. The largest absolute Gasteiger partial charge is 0.454 e. The molecule has 0 radical (unpaired) electrons. The monoisotopic (exact) mass is 1100 g/mol. The van der Waals surface area contributed by atoms with E-state index in [9.17, 15) is 35.1 Å². The molecule has 1 saturated heterocycles. The lowest BCUT2D eigenvalue weighted by atomic mass is 9.99. The normalized spacial score (nSPS) is 19.4. The Morgan fingerprint density at radius 1 is 0.500 bits per heavy atom. The summed E-state index contributed by atoms with van der Waals surface area (Å²) in [6, 6.07) is -1.03. The van der Waals surface area contributed by atoms with E-state index in [0.717, 1.165) is 89.9 Å². The molecular formula is C67H119NO10. The fourth-order valence-electron chi connectivity index (χ4n) is 9.69. The van der Waals surface area contributed by atoms with Crippen molar-refractivity contribution >= 4 is 11.9 Å². The van der Waals surface area contributed by atoms with Crippen LogP contribution in [0.1, 0.15) is 278 Å². The molecule has 11 heteroatoms. The molecule has 452 valence electrons. The zero-order valence-corrected chi connectivity index (χ0v) is 50.0. The number of unbranched alkanes of at least 4 members (excludes halogenated alkanes) is 30. The minimum absolute atomic E-state index is 0.101. The zero-order valence-electron chi connectivity index (χ0n) is 50.0.